The summed E-state index contributed by atoms with van der Waals surface area (Å²) in [7, 11) is 0. The van der Waals surface area contributed by atoms with Gasteiger partial charge in [0.25, 0.3) is 0 Å². The number of hydrogen-bond donors (Lipinski definition) is 0. The molecular weight excluding hydrogens is 279 g/mol. The topological polar surface area (TPSA) is 15.6 Å². The molecular formula is C15H12Cl2N2. The Labute approximate surface area is 122 Å². The van der Waals surface area contributed by atoms with E-state index in [2.05, 4.69) is 16.0 Å². The van der Waals surface area contributed by atoms with Gasteiger partial charge < -0.3 is 4.90 Å². The summed E-state index contributed by atoms with van der Waals surface area (Å²) in [6.07, 6.45) is 1.87. The van der Waals surface area contributed by atoms with E-state index in [-0.39, 0.29) is 0 Å². The predicted molar refractivity (Wildman–Crippen MR) is 81.5 cm³/mol. The molecule has 0 saturated carbocycles. The largest absolute Gasteiger partial charge is 0.347 e. The van der Waals surface area contributed by atoms with Gasteiger partial charge in [-0.05, 0) is 35.9 Å². The summed E-state index contributed by atoms with van der Waals surface area (Å²) in [5.74, 6) is 0. The number of anilines is 1. The van der Waals surface area contributed by atoms with E-state index >= 15 is 0 Å². The normalized spacial score (nSPS) is 13.5. The van der Waals surface area contributed by atoms with Gasteiger partial charge in [0.05, 0.1) is 0 Å². The van der Waals surface area contributed by atoms with Gasteiger partial charge in [-0.25, -0.2) is 0 Å². The van der Waals surface area contributed by atoms with E-state index in [1.807, 2.05) is 42.6 Å². The second-order valence-corrected chi connectivity index (χ2v) is 5.36. The number of aliphatic imine (C=N–C) groups is 1. The van der Waals surface area contributed by atoms with Gasteiger partial charge in [-0.2, -0.15) is 0 Å². The molecule has 0 N–H and O–H groups in total. The number of rotatable bonds is 2. The fraction of sp³-hybridized carbons (Fsp3) is 0.133. The van der Waals surface area contributed by atoms with Crippen LogP contribution < -0.4 is 4.90 Å². The highest BCUT2D eigenvalue weighted by Crippen LogP contribution is 2.27. The summed E-state index contributed by atoms with van der Waals surface area (Å²) < 4.78 is 0. The Balaban J connectivity index is 1.90. The molecule has 19 heavy (non-hydrogen) atoms. The first-order chi connectivity index (χ1) is 9.22. The Morgan fingerprint density at radius 2 is 1.89 bits per heavy atom. The molecule has 0 atom stereocenters. The lowest BCUT2D eigenvalue weighted by molar-refractivity contribution is 0.806. The SMILES string of the molecule is Clc1cccc(CN2CN=Cc3cc(Cl)ccc32)c1. The maximum Gasteiger partial charge on any atom is 0.110 e. The van der Waals surface area contributed by atoms with Crippen LogP contribution in [0.4, 0.5) is 5.69 Å². The average Bonchev–Trinajstić information content (AvgIpc) is 2.38. The fourth-order valence-corrected chi connectivity index (χ4v) is 2.61. The number of nitrogens with zero attached hydrogens (tertiary/aromatic N) is 2. The quantitative estimate of drug-likeness (QED) is 0.801. The molecule has 2 aromatic carbocycles. The molecule has 1 heterocycles. The minimum absolute atomic E-state index is 0.654. The van der Waals surface area contributed by atoms with Crippen LogP contribution in [-0.4, -0.2) is 12.9 Å². The zero-order valence-corrected chi connectivity index (χ0v) is 11.7. The van der Waals surface area contributed by atoms with Crippen LogP contribution in [-0.2, 0) is 6.54 Å². The summed E-state index contributed by atoms with van der Waals surface area (Å²) in [6.45, 7) is 1.44. The number of fused-ring (bicyclic) bond motifs is 1. The summed E-state index contributed by atoms with van der Waals surface area (Å²) >= 11 is 12.0. The third kappa shape index (κ3) is 2.75. The van der Waals surface area contributed by atoms with Gasteiger partial charge in [0.2, 0.25) is 0 Å². The molecule has 3 rings (SSSR count). The van der Waals surface area contributed by atoms with E-state index in [0.717, 1.165) is 27.8 Å². The van der Waals surface area contributed by atoms with Crippen LogP contribution in [0.2, 0.25) is 10.0 Å². The minimum atomic E-state index is 0.654. The predicted octanol–water partition coefficient (Wildman–Crippen LogP) is 4.39. The van der Waals surface area contributed by atoms with E-state index in [1.54, 1.807) is 0 Å². The zero-order valence-electron chi connectivity index (χ0n) is 10.2. The maximum atomic E-state index is 6.02. The van der Waals surface area contributed by atoms with Gasteiger partial charge >= 0.3 is 0 Å². The van der Waals surface area contributed by atoms with Gasteiger partial charge in [-0.3, -0.25) is 4.99 Å². The first-order valence-electron chi connectivity index (χ1n) is 6.01. The van der Waals surface area contributed by atoms with E-state index in [0.29, 0.717) is 6.67 Å². The van der Waals surface area contributed by atoms with Crippen molar-refractivity contribution < 1.29 is 0 Å². The third-order valence-corrected chi connectivity index (χ3v) is 3.55. The van der Waals surface area contributed by atoms with Crippen LogP contribution in [0.15, 0.2) is 47.5 Å². The van der Waals surface area contributed by atoms with E-state index in [4.69, 9.17) is 23.2 Å². The second-order valence-electron chi connectivity index (χ2n) is 4.48. The summed E-state index contributed by atoms with van der Waals surface area (Å²) in [5.41, 5.74) is 3.38. The van der Waals surface area contributed by atoms with Crippen molar-refractivity contribution in [3.8, 4) is 0 Å². The molecule has 0 fully saturated rings. The maximum absolute atomic E-state index is 6.02. The standard InChI is InChI=1S/C15H12Cl2N2/c16-13-3-1-2-11(6-13)9-19-10-18-8-12-7-14(17)4-5-15(12)19/h1-8H,9-10H2. The summed E-state index contributed by atoms with van der Waals surface area (Å²) in [4.78, 5) is 6.57. The van der Waals surface area contributed by atoms with Gasteiger partial charge in [-0.15, -0.1) is 0 Å². The van der Waals surface area contributed by atoms with E-state index in [9.17, 15) is 0 Å². The highest BCUT2D eigenvalue weighted by molar-refractivity contribution is 6.31. The highest BCUT2D eigenvalue weighted by atomic mass is 35.5. The van der Waals surface area contributed by atoms with Crippen molar-refractivity contribution in [2.75, 3.05) is 11.6 Å². The van der Waals surface area contributed by atoms with Gasteiger partial charge in [0.1, 0.15) is 6.67 Å². The Morgan fingerprint density at radius 1 is 1.05 bits per heavy atom. The molecule has 0 radical (unpaired) electrons. The van der Waals surface area contributed by atoms with Crippen LogP contribution >= 0.6 is 23.2 Å². The molecule has 0 amide bonds. The molecule has 0 bridgehead atoms. The van der Waals surface area contributed by atoms with Crippen molar-refractivity contribution in [1.82, 2.24) is 0 Å². The molecule has 0 spiro atoms. The highest BCUT2D eigenvalue weighted by Gasteiger charge is 2.14. The van der Waals surface area contributed by atoms with E-state index < -0.39 is 0 Å². The smallest absolute Gasteiger partial charge is 0.110 e. The van der Waals surface area contributed by atoms with Crippen LogP contribution in [0.3, 0.4) is 0 Å². The van der Waals surface area contributed by atoms with Crippen molar-refractivity contribution in [3.05, 3.63) is 63.6 Å². The van der Waals surface area contributed by atoms with Crippen molar-refractivity contribution in [2.45, 2.75) is 6.54 Å². The molecule has 1 aliphatic heterocycles. The van der Waals surface area contributed by atoms with Crippen LogP contribution in [0.1, 0.15) is 11.1 Å². The van der Waals surface area contributed by atoms with Gasteiger partial charge in [-0.1, -0.05) is 35.3 Å². The molecule has 0 aliphatic carbocycles. The van der Waals surface area contributed by atoms with E-state index in [1.165, 1.54) is 5.56 Å². The van der Waals surface area contributed by atoms with Crippen LogP contribution in [0.5, 0.6) is 0 Å². The van der Waals surface area contributed by atoms with Gasteiger partial charge in [0, 0.05) is 34.1 Å². The second kappa shape index (κ2) is 5.24. The first-order valence-corrected chi connectivity index (χ1v) is 6.77. The molecule has 2 nitrogen and oxygen atoms in total. The number of benzene rings is 2. The van der Waals surface area contributed by atoms with Crippen molar-refractivity contribution in [3.63, 3.8) is 0 Å². The lowest BCUT2D eigenvalue weighted by atomic mass is 10.1. The third-order valence-electron chi connectivity index (χ3n) is 3.08. The first kappa shape index (κ1) is 12.5. The number of halogens is 2. The summed E-state index contributed by atoms with van der Waals surface area (Å²) in [6, 6.07) is 13.8. The molecule has 0 unspecified atom stereocenters. The lowest BCUT2D eigenvalue weighted by Crippen LogP contribution is -2.26. The van der Waals surface area contributed by atoms with Crippen LogP contribution in [0.25, 0.3) is 0 Å². The monoisotopic (exact) mass is 290 g/mol. The molecule has 1 aliphatic rings. The molecule has 4 heteroatoms. The van der Waals surface area contributed by atoms with Gasteiger partial charge in [0.15, 0.2) is 0 Å². The minimum Gasteiger partial charge on any atom is -0.347 e. The summed E-state index contributed by atoms with van der Waals surface area (Å²) in [5, 5.41) is 1.49. The zero-order chi connectivity index (χ0) is 13.2. The Morgan fingerprint density at radius 3 is 2.74 bits per heavy atom. The molecule has 96 valence electrons. The Bertz CT molecular complexity index is 638. The van der Waals surface area contributed by atoms with Crippen molar-refractivity contribution >= 4 is 35.1 Å². The number of hydrogen-bond acceptors (Lipinski definition) is 2. The van der Waals surface area contributed by atoms with Crippen LogP contribution in [0, 0.1) is 0 Å². The fourth-order valence-electron chi connectivity index (χ4n) is 2.22. The Kier molecular flexibility index (Phi) is 3.45. The molecule has 0 aromatic heterocycles. The molecule has 2 aromatic rings. The Hall–Kier alpha value is -1.51. The lowest BCUT2D eigenvalue weighted by Gasteiger charge is -2.27. The van der Waals surface area contributed by atoms with Crippen molar-refractivity contribution in [2.24, 2.45) is 4.99 Å². The molecule has 0 saturated heterocycles. The average molecular weight is 291 g/mol. The van der Waals surface area contributed by atoms with Crippen molar-refractivity contribution in [1.29, 1.82) is 0 Å².